The minimum absolute atomic E-state index is 0.0762. The molecule has 0 N–H and O–H groups in total. The van der Waals surface area contributed by atoms with Gasteiger partial charge in [0.15, 0.2) is 0 Å². The molecule has 0 spiro atoms. The smallest absolute Gasteiger partial charge is 0.254 e. The van der Waals surface area contributed by atoms with E-state index in [1.54, 1.807) is 18.6 Å². The van der Waals surface area contributed by atoms with E-state index < -0.39 is 0 Å². The van der Waals surface area contributed by atoms with Gasteiger partial charge in [0.1, 0.15) is 17.3 Å². The molecule has 7 heteroatoms. The molecule has 1 saturated heterocycles. The molecule has 5 rings (SSSR count). The van der Waals surface area contributed by atoms with Gasteiger partial charge in [-0.25, -0.2) is 9.97 Å². The van der Waals surface area contributed by atoms with Gasteiger partial charge in [0, 0.05) is 55.9 Å². The molecule has 35 heavy (non-hydrogen) atoms. The predicted octanol–water partition coefficient (Wildman–Crippen LogP) is 5.15. The van der Waals surface area contributed by atoms with E-state index in [-0.39, 0.29) is 11.8 Å². The first-order chi connectivity index (χ1) is 17.1. The largest absolute Gasteiger partial charge is 0.437 e. The zero-order chi connectivity index (χ0) is 24.2. The van der Waals surface area contributed by atoms with Gasteiger partial charge in [-0.1, -0.05) is 36.4 Å². The standard InChI is InChI=1S/C28H29N5O2/c1-20-7-3-6-10-25(20)35-27-26(30-13-14-31-27)22-11-16-32(17-12-22)28(34)24-9-5-4-8-23(24)19-33-18-15-29-21(33)2/h3-10,13-15,18,22H,11-12,16-17,19H2,1-2H3. The van der Waals surface area contributed by atoms with Crippen molar-refractivity contribution < 1.29 is 9.53 Å². The molecule has 178 valence electrons. The lowest BCUT2D eigenvalue weighted by Crippen LogP contribution is -2.38. The zero-order valence-electron chi connectivity index (χ0n) is 20.1. The molecule has 0 radical (unpaired) electrons. The van der Waals surface area contributed by atoms with E-state index in [4.69, 9.17) is 4.74 Å². The number of nitrogens with zero attached hydrogens (tertiary/aromatic N) is 5. The highest BCUT2D eigenvalue weighted by molar-refractivity contribution is 5.95. The van der Waals surface area contributed by atoms with Gasteiger partial charge in [0.05, 0.1) is 0 Å². The third kappa shape index (κ3) is 4.94. The summed E-state index contributed by atoms with van der Waals surface area (Å²) in [5.41, 5.74) is 3.67. The number of ether oxygens (including phenoxy) is 1. The van der Waals surface area contributed by atoms with Crippen LogP contribution in [0.3, 0.4) is 0 Å². The van der Waals surface area contributed by atoms with Crippen molar-refractivity contribution in [1.29, 1.82) is 0 Å². The number of amides is 1. The Morgan fingerprint density at radius 2 is 1.69 bits per heavy atom. The number of aryl methyl sites for hydroxylation is 2. The van der Waals surface area contributed by atoms with E-state index in [1.165, 1.54) is 0 Å². The van der Waals surface area contributed by atoms with Crippen LogP contribution < -0.4 is 4.74 Å². The number of benzene rings is 2. The number of piperidine rings is 1. The number of hydrogen-bond acceptors (Lipinski definition) is 5. The van der Waals surface area contributed by atoms with Crippen LogP contribution in [-0.2, 0) is 6.54 Å². The molecule has 0 atom stereocenters. The molecule has 3 heterocycles. The van der Waals surface area contributed by atoms with Crippen LogP contribution in [0, 0.1) is 13.8 Å². The third-order valence-electron chi connectivity index (χ3n) is 6.67. The minimum atomic E-state index is 0.0762. The number of rotatable bonds is 6. The summed E-state index contributed by atoms with van der Waals surface area (Å²) >= 11 is 0. The van der Waals surface area contributed by atoms with Crippen molar-refractivity contribution in [3.05, 3.63) is 102 Å². The molecular formula is C28H29N5O2. The number of likely N-dealkylation sites (tertiary alicyclic amines) is 1. The molecule has 0 unspecified atom stereocenters. The van der Waals surface area contributed by atoms with Crippen molar-refractivity contribution in [2.45, 2.75) is 39.2 Å². The van der Waals surface area contributed by atoms with Gasteiger partial charge in [-0.15, -0.1) is 0 Å². The molecule has 2 aromatic heterocycles. The summed E-state index contributed by atoms with van der Waals surface area (Å²) in [6.45, 7) is 5.95. The fourth-order valence-corrected chi connectivity index (χ4v) is 4.62. The Hall–Kier alpha value is -4.00. The first-order valence-corrected chi connectivity index (χ1v) is 12.0. The van der Waals surface area contributed by atoms with Crippen LogP contribution in [0.2, 0.25) is 0 Å². The van der Waals surface area contributed by atoms with Crippen molar-refractivity contribution in [1.82, 2.24) is 24.4 Å². The Labute approximate surface area is 205 Å². The summed E-state index contributed by atoms with van der Waals surface area (Å²) in [6.07, 6.45) is 8.74. The molecule has 1 aliphatic heterocycles. The van der Waals surface area contributed by atoms with E-state index >= 15 is 0 Å². The van der Waals surface area contributed by atoms with Crippen molar-refractivity contribution in [3.8, 4) is 11.6 Å². The number of aromatic nitrogens is 4. The Morgan fingerprint density at radius 3 is 2.46 bits per heavy atom. The number of hydrogen-bond donors (Lipinski definition) is 0. The SMILES string of the molecule is Cc1ccccc1Oc1nccnc1C1CCN(C(=O)c2ccccc2Cn2ccnc2C)CC1. The quantitative estimate of drug-likeness (QED) is 0.392. The van der Waals surface area contributed by atoms with Gasteiger partial charge in [0.25, 0.3) is 5.91 Å². The summed E-state index contributed by atoms with van der Waals surface area (Å²) in [4.78, 5) is 28.8. The maximum absolute atomic E-state index is 13.5. The molecule has 1 amide bonds. The van der Waals surface area contributed by atoms with Crippen molar-refractivity contribution in [2.75, 3.05) is 13.1 Å². The number of imidazole rings is 1. The summed E-state index contributed by atoms with van der Waals surface area (Å²) in [6, 6.07) is 15.8. The molecule has 4 aromatic rings. The fraction of sp³-hybridized carbons (Fsp3) is 0.286. The summed E-state index contributed by atoms with van der Waals surface area (Å²) < 4.78 is 8.21. The van der Waals surface area contributed by atoms with Crippen LogP contribution in [0.25, 0.3) is 0 Å². The maximum Gasteiger partial charge on any atom is 0.254 e. The molecule has 1 aliphatic rings. The molecular weight excluding hydrogens is 438 g/mol. The van der Waals surface area contributed by atoms with Crippen LogP contribution in [0.1, 0.15) is 51.8 Å². The lowest BCUT2D eigenvalue weighted by atomic mass is 9.92. The second kappa shape index (κ2) is 10.1. The molecule has 0 aliphatic carbocycles. The second-order valence-corrected chi connectivity index (χ2v) is 8.94. The van der Waals surface area contributed by atoms with E-state index in [0.29, 0.717) is 25.5 Å². The fourth-order valence-electron chi connectivity index (χ4n) is 4.62. The number of carbonyl (C=O) groups is 1. The van der Waals surface area contributed by atoms with Gasteiger partial charge in [-0.05, 0) is 49.9 Å². The molecule has 7 nitrogen and oxygen atoms in total. The van der Waals surface area contributed by atoms with Gasteiger partial charge in [-0.2, -0.15) is 0 Å². The Balaban J connectivity index is 1.29. The average molecular weight is 468 g/mol. The van der Waals surface area contributed by atoms with Gasteiger partial charge in [0.2, 0.25) is 5.88 Å². The van der Waals surface area contributed by atoms with E-state index in [0.717, 1.165) is 46.8 Å². The van der Waals surface area contributed by atoms with Crippen LogP contribution in [0.4, 0.5) is 0 Å². The first kappa shape index (κ1) is 22.8. The monoisotopic (exact) mass is 467 g/mol. The van der Waals surface area contributed by atoms with Gasteiger partial charge in [-0.3, -0.25) is 9.78 Å². The Morgan fingerprint density at radius 1 is 0.943 bits per heavy atom. The van der Waals surface area contributed by atoms with Gasteiger partial charge >= 0.3 is 0 Å². The Bertz CT molecular complexity index is 1320. The second-order valence-electron chi connectivity index (χ2n) is 8.94. The lowest BCUT2D eigenvalue weighted by molar-refractivity contribution is 0.0710. The van der Waals surface area contributed by atoms with Crippen LogP contribution in [0.15, 0.2) is 73.3 Å². The predicted molar refractivity (Wildman–Crippen MR) is 134 cm³/mol. The number of carbonyl (C=O) groups excluding carboxylic acids is 1. The van der Waals surface area contributed by atoms with E-state index in [9.17, 15) is 4.79 Å². The molecule has 0 saturated carbocycles. The van der Waals surface area contributed by atoms with Gasteiger partial charge < -0.3 is 14.2 Å². The number of para-hydroxylation sites is 1. The van der Waals surface area contributed by atoms with E-state index in [2.05, 4.69) is 19.5 Å². The molecule has 0 bridgehead atoms. The zero-order valence-corrected chi connectivity index (χ0v) is 20.1. The summed E-state index contributed by atoms with van der Waals surface area (Å²) in [7, 11) is 0. The highest BCUT2D eigenvalue weighted by Gasteiger charge is 2.29. The van der Waals surface area contributed by atoms with Crippen LogP contribution in [-0.4, -0.2) is 43.4 Å². The van der Waals surface area contributed by atoms with Crippen LogP contribution in [0.5, 0.6) is 11.6 Å². The van der Waals surface area contributed by atoms with Crippen molar-refractivity contribution in [3.63, 3.8) is 0 Å². The highest BCUT2D eigenvalue weighted by Crippen LogP contribution is 2.34. The molecule has 2 aromatic carbocycles. The Kier molecular flexibility index (Phi) is 6.57. The topological polar surface area (TPSA) is 73.1 Å². The first-order valence-electron chi connectivity index (χ1n) is 12.0. The van der Waals surface area contributed by atoms with Crippen LogP contribution >= 0.6 is 0 Å². The van der Waals surface area contributed by atoms with Crippen molar-refractivity contribution in [2.24, 2.45) is 0 Å². The van der Waals surface area contributed by atoms with Crippen molar-refractivity contribution >= 4 is 5.91 Å². The third-order valence-corrected chi connectivity index (χ3v) is 6.67. The maximum atomic E-state index is 13.5. The summed E-state index contributed by atoms with van der Waals surface area (Å²) in [5.74, 6) is 2.53. The van der Waals surface area contributed by atoms with E-state index in [1.807, 2.05) is 73.5 Å². The average Bonchev–Trinajstić information content (AvgIpc) is 3.30. The lowest BCUT2D eigenvalue weighted by Gasteiger charge is -2.32. The summed E-state index contributed by atoms with van der Waals surface area (Å²) in [5, 5.41) is 0. The highest BCUT2D eigenvalue weighted by atomic mass is 16.5. The molecule has 1 fully saturated rings. The normalized spacial score (nSPS) is 14.2. The minimum Gasteiger partial charge on any atom is -0.437 e.